The number of nitrogens with one attached hydrogen (secondary N) is 1. The number of hydrogen-bond donors (Lipinski definition) is 1. The van der Waals surface area contributed by atoms with Gasteiger partial charge < -0.3 is 14.8 Å². The van der Waals surface area contributed by atoms with Crippen LogP contribution < -0.4 is 14.8 Å². The quantitative estimate of drug-likeness (QED) is 0.890. The fourth-order valence-corrected chi connectivity index (χ4v) is 2.79. The van der Waals surface area contributed by atoms with Crippen molar-refractivity contribution in [2.75, 3.05) is 27.3 Å². The molecular formula is C15H23NO2. The van der Waals surface area contributed by atoms with E-state index in [0.717, 1.165) is 30.5 Å². The highest BCUT2D eigenvalue weighted by molar-refractivity contribution is 5.42. The molecule has 18 heavy (non-hydrogen) atoms. The predicted molar refractivity (Wildman–Crippen MR) is 73.6 cm³/mol. The average Bonchev–Trinajstić information content (AvgIpc) is 2.46. The number of hydrogen-bond acceptors (Lipinski definition) is 3. The highest BCUT2D eigenvalue weighted by Gasteiger charge is 2.23. The first kappa shape index (κ1) is 13.2. The van der Waals surface area contributed by atoms with Crippen LogP contribution in [0.25, 0.3) is 0 Å². The van der Waals surface area contributed by atoms with Gasteiger partial charge in [0.2, 0.25) is 0 Å². The van der Waals surface area contributed by atoms with E-state index in [9.17, 15) is 0 Å². The molecule has 1 heterocycles. The van der Waals surface area contributed by atoms with E-state index in [4.69, 9.17) is 9.47 Å². The van der Waals surface area contributed by atoms with Crippen molar-refractivity contribution < 1.29 is 9.47 Å². The third-order valence-electron chi connectivity index (χ3n) is 4.02. The molecule has 1 N–H and O–H groups in total. The normalized spacial score (nSPS) is 18.4. The minimum Gasteiger partial charge on any atom is -0.497 e. The van der Waals surface area contributed by atoms with Crippen LogP contribution in [0.2, 0.25) is 0 Å². The van der Waals surface area contributed by atoms with Crippen LogP contribution in [0.5, 0.6) is 11.5 Å². The van der Waals surface area contributed by atoms with Crippen LogP contribution in [0.4, 0.5) is 0 Å². The molecule has 1 unspecified atom stereocenters. The summed E-state index contributed by atoms with van der Waals surface area (Å²) in [5.74, 6) is 3.08. The first-order valence-corrected chi connectivity index (χ1v) is 6.69. The SMILES string of the molecule is COc1ccc(C(C)C2CCNCC2)c(OC)c1. The number of rotatable bonds is 4. The number of ether oxygens (including phenoxy) is 2. The van der Waals surface area contributed by atoms with Crippen molar-refractivity contribution >= 4 is 0 Å². The minimum atomic E-state index is 0.535. The average molecular weight is 249 g/mol. The summed E-state index contributed by atoms with van der Waals surface area (Å²) in [4.78, 5) is 0. The van der Waals surface area contributed by atoms with E-state index in [0.29, 0.717) is 5.92 Å². The molecule has 1 aromatic rings. The lowest BCUT2D eigenvalue weighted by Gasteiger charge is -2.29. The van der Waals surface area contributed by atoms with Crippen molar-refractivity contribution in [1.82, 2.24) is 5.32 Å². The maximum absolute atomic E-state index is 5.50. The van der Waals surface area contributed by atoms with Gasteiger partial charge in [0.15, 0.2) is 0 Å². The van der Waals surface area contributed by atoms with E-state index in [1.165, 1.54) is 18.4 Å². The number of benzene rings is 1. The Morgan fingerprint density at radius 3 is 2.50 bits per heavy atom. The van der Waals surface area contributed by atoms with Crippen LogP contribution in [0.3, 0.4) is 0 Å². The van der Waals surface area contributed by atoms with Gasteiger partial charge in [-0.1, -0.05) is 13.0 Å². The van der Waals surface area contributed by atoms with Gasteiger partial charge >= 0.3 is 0 Å². The summed E-state index contributed by atoms with van der Waals surface area (Å²) in [6, 6.07) is 6.15. The monoisotopic (exact) mass is 249 g/mol. The Morgan fingerprint density at radius 2 is 1.89 bits per heavy atom. The van der Waals surface area contributed by atoms with Crippen molar-refractivity contribution in [2.45, 2.75) is 25.7 Å². The second kappa shape index (κ2) is 6.10. The molecule has 1 saturated heterocycles. The second-order valence-corrected chi connectivity index (χ2v) is 4.98. The van der Waals surface area contributed by atoms with Gasteiger partial charge in [0.25, 0.3) is 0 Å². The van der Waals surface area contributed by atoms with Crippen LogP contribution in [0.15, 0.2) is 18.2 Å². The Bertz CT molecular complexity index is 386. The van der Waals surface area contributed by atoms with Gasteiger partial charge in [0.1, 0.15) is 11.5 Å². The molecular weight excluding hydrogens is 226 g/mol. The molecule has 0 amide bonds. The van der Waals surface area contributed by atoms with Gasteiger partial charge in [-0.2, -0.15) is 0 Å². The summed E-state index contributed by atoms with van der Waals surface area (Å²) in [5.41, 5.74) is 1.30. The van der Waals surface area contributed by atoms with Gasteiger partial charge in [0.05, 0.1) is 14.2 Å². The van der Waals surface area contributed by atoms with Crippen molar-refractivity contribution in [1.29, 1.82) is 0 Å². The first-order valence-electron chi connectivity index (χ1n) is 6.69. The Hall–Kier alpha value is -1.22. The lowest BCUT2D eigenvalue weighted by atomic mass is 9.81. The van der Waals surface area contributed by atoms with E-state index in [-0.39, 0.29) is 0 Å². The first-order chi connectivity index (χ1) is 8.76. The molecule has 3 nitrogen and oxygen atoms in total. The second-order valence-electron chi connectivity index (χ2n) is 4.98. The molecule has 3 heteroatoms. The van der Waals surface area contributed by atoms with E-state index in [2.05, 4.69) is 18.3 Å². The zero-order chi connectivity index (χ0) is 13.0. The summed E-state index contributed by atoms with van der Waals surface area (Å²) >= 11 is 0. The van der Waals surface area contributed by atoms with Crippen LogP contribution in [0, 0.1) is 5.92 Å². The fourth-order valence-electron chi connectivity index (χ4n) is 2.79. The molecule has 0 saturated carbocycles. The lowest BCUT2D eigenvalue weighted by molar-refractivity contribution is 0.320. The Kier molecular flexibility index (Phi) is 4.48. The molecule has 100 valence electrons. The van der Waals surface area contributed by atoms with Gasteiger partial charge in [-0.3, -0.25) is 0 Å². The van der Waals surface area contributed by atoms with Gasteiger partial charge in [-0.05, 0) is 49.4 Å². The van der Waals surface area contributed by atoms with Crippen LogP contribution in [-0.2, 0) is 0 Å². The molecule has 0 aliphatic carbocycles. The topological polar surface area (TPSA) is 30.5 Å². The maximum atomic E-state index is 5.50. The lowest BCUT2D eigenvalue weighted by Crippen LogP contribution is -2.30. The standard InChI is InChI=1S/C15H23NO2/c1-11(12-6-8-16-9-7-12)14-5-4-13(17-2)10-15(14)18-3/h4-5,10-12,16H,6-9H2,1-3H3. The van der Waals surface area contributed by atoms with Crippen molar-refractivity contribution in [3.63, 3.8) is 0 Å². The van der Waals surface area contributed by atoms with Gasteiger partial charge in [-0.25, -0.2) is 0 Å². The minimum absolute atomic E-state index is 0.535. The molecule has 0 spiro atoms. The smallest absolute Gasteiger partial charge is 0.126 e. The largest absolute Gasteiger partial charge is 0.497 e. The Morgan fingerprint density at radius 1 is 1.17 bits per heavy atom. The summed E-state index contributed by atoms with van der Waals surface area (Å²) in [5, 5.41) is 3.42. The molecule has 1 aromatic carbocycles. The molecule has 1 aliphatic heterocycles. The highest BCUT2D eigenvalue weighted by Crippen LogP contribution is 2.37. The van der Waals surface area contributed by atoms with Crippen LogP contribution in [0.1, 0.15) is 31.2 Å². The Balaban J connectivity index is 2.20. The van der Waals surface area contributed by atoms with Crippen molar-refractivity contribution in [2.24, 2.45) is 5.92 Å². The zero-order valence-corrected chi connectivity index (χ0v) is 11.5. The third-order valence-corrected chi connectivity index (χ3v) is 4.02. The van der Waals surface area contributed by atoms with E-state index in [1.807, 2.05) is 12.1 Å². The van der Waals surface area contributed by atoms with Crippen LogP contribution in [-0.4, -0.2) is 27.3 Å². The molecule has 0 bridgehead atoms. The predicted octanol–water partition coefficient (Wildman–Crippen LogP) is 2.81. The third kappa shape index (κ3) is 2.78. The molecule has 1 fully saturated rings. The highest BCUT2D eigenvalue weighted by atomic mass is 16.5. The molecule has 1 aliphatic rings. The molecule has 0 radical (unpaired) electrons. The maximum Gasteiger partial charge on any atom is 0.126 e. The molecule has 1 atom stereocenters. The zero-order valence-electron chi connectivity index (χ0n) is 11.5. The van der Waals surface area contributed by atoms with Crippen LogP contribution >= 0.6 is 0 Å². The molecule has 2 rings (SSSR count). The van der Waals surface area contributed by atoms with Gasteiger partial charge in [0, 0.05) is 6.07 Å². The van der Waals surface area contributed by atoms with E-state index in [1.54, 1.807) is 14.2 Å². The summed E-state index contributed by atoms with van der Waals surface area (Å²) in [6.45, 7) is 4.57. The number of piperidine rings is 1. The fraction of sp³-hybridized carbons (Fsp3) is 0.600. The summed E-state index contributed by atoms with van der Waals surface area (Å²) in [7, 11) is 3.41. The van der Waals surface area contributed by atoms with Crippen molar-refractivity contribution in [3.05, 3.63) is 23.8 Å². The van der Waals surface area contributed by atoms with Crippen molar-refractivity contribution in [3.8, 4) is 11.5 Å². The molecule has 0 aromatic heterocycles. The summed E-state index contributed by atoms with van der Waals surface area (Å²) in [6.07, 6.45) is 2.49. The summed E-state index contributed by atoms with van der Waals surface area (Å²) < 4.78 is 10.8. The van der Waals surface area contributed by atoms with Gasteiger partial charge in [-0.15, -0.1) is 0 Å². The Labute approximate surface area is 109 Å². The van der Waals surface area contributed by atoms with E-state index < -0.39 is 0 Å². The van der Waals surface area contributed by atoms with E-state index >= 15 is 0 Å². The number of methoxy groups -OCH3 is 2.